The molecule has 4 rings (SSSR count). The van der Waals surface area contributed by atoms with Gasteiger partial charge in [0.2, 0.25) is 23.6 Å². The fraction of sp³-hybridized carbons (Fsp3) is 0.385. The number of piperazine rings is 2. The van der Waals surface area contributed by atoms with E-state index in [1.807, 2.05) is 24.3 Å². The number of benzene rings is 2. The number of amides is 4. The molecule has 0 saturated carbocycles. The summed E-state index contributed by atoms with van der Waals surface area (Å²) < 4.78 is 0. The van der Waals surface area contributed by atoms with Gasteiger partial charge in [0, 0.05) is 68.3 Å². The van der Waals surface area contributed by atoms with Gasteiger partial charge in [-0.05, 0) is 42.5 Å². The number of hydrogen-bond acceptors (Lipinski definition) is 6. The zero-order valence-electron chi connectivity index (χ0n) is 20.7. The molecule has 3 N–H and O–H groups in total. The Balaban J connectivity index is 1.31. The molecule has 11 heteroatoms. The van der Waals surface area contributed by atoms with Crippen LogP contribution < -0.4 is 20.9 Å². The fourth-order valence-electron chi connectivity index (χ4n) is 4.56. The van der Waals surface area contributed by atoms with Crippen molar-refractivity contribution in [3.63, 3.8) is 0 Å². The van der Waals surface area contributed by atoms with Crippen molar-refractivity contribution < 1.29 is 19.2 Å². The molecule has 2 aliphatic heterocycles. The van der Waals surface area contributed by atoms with Gasteiger partial charge >= 0.3 is 0 Å². The fourth-order valence-corrected chi connectivity index (χ4v) is 4.75. The Morgan fingerprint density at radius 2 is 1.65 bits per heavy atom. The Kier molecular flexibility index (Phi) is 8.62. The number of carbonyl (C=O) groups excluding carboxylic acids is 4. The number of nitrogens with one attached hydrogen (secondary N) is 3. The van der Waals surface area contributed by atoms with Crippen LogP contribution in [0.1, 0.15) is 13.3 Å². The van der Waals surface area contributed by atoms with Gasteiger partial charge in [-0.25, -0.2) is 0 Å². The first-order chi connectivity index (χ1) is 17.8. The van der Waals surface area contributed by atoms with Crippen molar-refractivity contribution in [1.82, 2.24) is 15.1 Å². The SMILES string of the molecule is CC(=O)Nc1ccc(NC(=O)C[C@@H]2C(=O)NCCN2C(=O)CN2CCN(c3cccc(Cl)c3)CC2)cc1. The third kappa shape index (κ3) is 7.21. The van der Waals surface area contributed by atoms with Crippen LogP contribution >= 0.6 is 11.6 Å². The molecule has 2 aromatic rings. The second kappa shape index (κ2) is 12.1. The molecule has 2 aromatic carbocycles. The van der Waals surface area contributed by atoms with E-state index in [0.29, 0.717) is 42.6 Å². The highest BCUT2D eigenvalue weighted by Crippen LogP contribution is 2.21. The minimum Gasteiger partial charge on any atom is -0.369 e. The molecular formula is C26H31ClN6O4. The van der Waals surface area contributed by atoms with Crippen LogP contribution in [0.5, 0.6) is 0 Å². The number of hydrogen-bond donors (Lipinski definition) is 3. The van der Waals surface area contributed by atoms with E-state index in [1.165, 1.54) is 11.8 Å². The molecule has 2 heterocycles. The molecule has 2 saturated heterocycles. The van der Waals surface area contributed by atoms with E-state index in [0.717, 1.165) is 18.8 Å². The number of rotatable bonds is 7. The van der Waals surface area contributed by atoms with Crippen LogP contribution in [-0.2, 0) is 19.2 Å². The lowest BCUT2D eigenvalue weighted by atomic mass is 10.1. The Labute approximate surface area is 220 Å². The minimum absolute atomic E-state index is 0.145. The van der Waals surface area contributed by atoms with Gasteiger partial charge in [-0.2, -0.15) is 0 Å². The van der Waals surface area contributed by atoms with Crippen LogP contribution in [0.2, 0.25) is 5.02 Å². The highest BCUT2D eigenvalue weighted by Gasteiger charge is 2.35. The molecule has 0 spiro atoms. The lowest BCUT2D eigenvalue weighted by Gasteiger charge is -2.39. The van der Waals surface area contributed by atoms with Crippen LogP contribution in [0.4, 0.5) is 17.1 Å². The number of halogens is 1. The smallest absolute Gasteiger partial charge is 0.243 e. The average molecular weight is 527 g/mol. The summed E-state index contributed by atoms with van der Waals surface area (Å²) in [5.41, 5.74) is 2.20. The van der Waals surface area contributed by atoms with E-state index in [2.05, 4.69) is 25.8 Å². The maximum absolute atomic E-state index is 13.2. The van der Waals surface area contributed by atoms with Crippen LogP contribution in [0.3, 0.4) is 0 Å². The summed E-state index contributed by atoms with van der Waals surface area (Å²) in [5.74, 6) is -1.06. The van der Waals surface area contributed by atoms with Crippen LogP contribution in [0.15, 0.2) is 48.5 Å². The van der Waals surface area contributed by atoms with Crippen molar-refractivity contribution in [1.29, 1.82) is 0 Å². The van der Waals surface area contributed by atoms with Crippen LogP contribution in [0.25, 0.3) is 0 Å². The van der Waals surface area contributed by atoms with Crippen molar-refractivity contribution in [3.8, 4) is 0 Å². The van der Waals surface area contributed by atoms with E-state index < -0.39 is 6.04 Å². The molecule has 0 unspecified atom stereocenters. The molecule has 2 aliphatic rings. The van der Waals surface area contributed by atoms with Gasteiger partial charge in [-0.3, -0.25) is 24.1 Å². The number of anilines is 3. The largest absolute Gasteiger partial charge is 0.369 e. The van der Waals surface area contributed by atoms with E-state index in [9.17, 15) is 19.2 Å². The Bertz CT molecular complexity index is 1150. The van der Waals surface area contributed by atoms with Crippen LogP contribution in [-0.4, -0.2) is 85.3 Å². The van der Waals surface area contributed by atoms with Crippen LogP contribution in [0, 0.1) is 0 Å². The minimum atomic E-state index is -0.868. The number of carbonyl (C=O) groups is 4. The highest BCUT2D eigenvalue weighted by atomic mass is 35.5. The first-order valence-corrected chi connectivity index (χ1v) is 12.6. The summed E-state index contributed by atoms with van der Waals surface area (Å²) >= 11 is 6.11. The lowest BCUT2D eigenvalue weighted by Crippen LogP contribution is -2.60. The first-order valence-electron chi connectivity index (χ1n) is 12.3. The van der Waals surface area contributed by atoms with E-state index in [-0.39, 0.29) is 36.6 Å². The predicted molar refractivity (Wildman–Crippen MR) is 143 cm³/mol. The van der Waals surface area contributed by atoms with Crippen molar-refractivity contribution in [2.75, 3.05) is 61.3 Å². The zero-order valence-corrected chi connectivity index (χ0v) is 21.5. The Morgan fingerprint density at radius 1 is 0.973 bits per heavy atom. The van der Waals surface area contributed by atoms with Gasteiger partial charge in [-0.1, -0.05) is 17.7 Å². The van der Waals surface area contributed by atoms with Crippen molar-refractivity contribution in [3.05, 3.63) is 53.6 Å². The molecule has 1 atom stereocenters. The molecule has 0 radical (unpaired) electrons. The van der Waals surface area contributed by atoms with Crippen molar-refractivity contribution >= 4 is 52.3 Å². The monoisotopic (exact) mass is 526 g/mol. The quantitative estimate of drug-likeness (QED) is 0.507. The maximum atomic E-state index is 13.2. The maximum Gasteiger partial charge on any atom is 0.243 e. The first kappa shape index (κ1) is 26.4. The lowest BCUT2D eigenvalue weighted by molar-refractivity contribution is -0.145. The molecule has 0 aliphatic carbocycles. The normalized spacial score (nSPS) is 18.2. The second-order valence-corrected chi connectivity index (χ2v) is 9.58. The molecule has 0 bridgehead atoms. The van der Waals surface area contributed by atoms with Gasteiger partial charge in [0.05, 0.1) is 13.0 Å². The molecule has 10 nitrogen and oxygen atoms in total. The predicted octanol–water partition coefficient (Wildman–Crippen LogP) is 1.78. The average Bonchev–Trinajstić information content (AvgIpc) is 2.86. The van der Waals surface area contributed by atoms with Gasteiger partial charge in [0.25, 0.3) is 0 Å². The third-order valence-corrected chi connectivity index (χ3v) is 6.66. The Hall–Kier alpha value is -3.63. The summed E-state index contributed by atoms with van der Waals surface area (Å²) in [4.78, 5) is 55.5. The second-order valence-electron chi connectivity index (χ2n) is 9.15. The summed E-state index contributed by atoms with van der Waals surface area (Å²) in [7, 11) is 0. The van der Waals surface area contributed by atoms with Crippen molar-refractivity contribution in [2.45, 2.75) is 19.4 Å². The highest BCUT2D eigenvalue weighted by molar-refractivity contribution is 6.30. The summed E-state index contributed by atoms with van der Waals surface area (Å²) in [6.07, 6.45) is -0.145. The molecule has 4 amide bonds. The van der Waals surface area contributed by atoms with E-state index in [1.54, 1.807) is 24.3 Å². The van der Waals surface area contributed by atoms with E-state index >= 15 is 0 Å². The van der Waals surface area contributed by atoms with E-state index in [4.69, 9.17) is 11.6 Å². The molecular weight excluding hydrogens is 496 g/mol. The zero-order chi connectivity index (χ0) is 26.4. The van der Waals surface area contributed by atoms with Gasteiger partial charge in [0.15, 0.2) is 0 Å². The van der Waals surface area contributed by atoms with Gasteiger partial charge in [-0.15, -0.1) is 0 Å². The third-order valence-electron chi connectivity index (χ3n) is 6.42. The van der Waals surface area contributed by atoms with Crippen molar-refractivity contribution in [2.24, 2.45) is 0 Å². The summed E-state index contributed by atoms with van der Waals surface area (Å²) in [5, 5.41) is 8.87. The molecule has 37 heavy (non-hydrogen) atoms. The Morgan fingerprint density at radius 3 is 2.30 bits per heavy atom. The summed E-state index contributed by atoms with van der Waals surface area (Å²) in [6, 6.07) is 13.5. The standard InChI is InChI=1S/C26H31ClN6O4/c1-18(34)29-20-5-7-21(8-6-20)30-24(35)16-23-26(37)28-9-10-33(23)25(36)17-31-11-13-32(14-12-31)22-4-2-3-19(27)15-22/h2-8,15,23H,9-14,16-17H2,1H3,(H,28,37)(H,29,34)(H,30,35)/t23-/m1/s1. The summed E-state index contributed by atoms with van der Waals surface area (Å²) in [6.45, 7) is 5.27. The molecule has 0 aromatic heterocycles. The number of nitrogens with zero attached hydrogens (tertiary/aromatic N) is 3. The molecule has 2 fully saturated rings. The van der Waals surface area contributed by atoms with Gasteiger partial charge < -0.3 is 25.8 Å². The topological polar surface area (TPSA) is 114 Å². The van der Waals surface area contributed by atoms with Gasteiger partial charge in [0.1, 0.15) is 6.04 Å². The molecule has 196 valence electrons.